The molecule has 0 N–H and O–H groups in total. The summed E-state index contributed by atoms with van der Waals surface area (Å²) in [6, 6.07) is 0.723. The number of nitrogens with zero attached hydrogens (tertiary/aromatic N) is 1. The Hall–Kier alpha value is 0.130. The highest BCUT2D eigenvalue weighted by Crippen LogP contribution is 2.23. The van der Waals surface area contributed by atoms with E-state index in [9.17, 15) is 0 Å². The summed E-state index contributed by atoms with van der Waals surface area (Å²) in [6.07, 6.45) is 5.35. The van der Waals surface area contributed by atoms with Crippen LogP contribution >= 0.6 is 11.6 Å². The van der Waals surface area contributed by atoms with Crippen molar-refractivity contribution < 1.29 is 14.2 Å². The molecule has 1 aliphatic rings. The first-order valence-corrected chi connectivity index (χ1v) is 7.86. The Morgan fingerprint density at radius 3 is 2.21 bits per heavy atom. The van der Waals surface area contributed by atoms with Crippen LogP contribution in [0.25, 0.3) is 0 Å². The van der Waals surface area contributed by atoms with E-state index in [-0.39, 0.29) is 0 Å². The lowest BCUT2D eigenvalue weighted by Crippen LogP contribution is -2.37. The van der Waals surface area contributed by atoms with Crippen molar-refractivity contribution >= 4 is 11.6 Å². The highest BCUT2D eigenvalue weighted by molar-refractivity contribution is 6.18. The zero-order valence-corrected chi connectivity index (χ0v) is 12.9. The summed E-state index contributed by atoms with van der Waals surface area (Å²) in [5.74, 6) is 0.705. The van der Waals surface area contributed by atoms with Gasteiger partial charge in [-0.05, 0) is 12.8 Å². The van der Waals surface area contributed by atoms with Crippen molar-refractivity contribution in [1.82, 2.24) is 4.90 Å². The fraction of sp³-hybridized carbons (Fsp3) is 1.00. The number of hydrogen-bond donors (Lipinski definition) is 0. The van der Waals surface area contributed by atoms with Gasteiger partial charge in [0.15, 0.2) is 0 Å². The number of methoxy groups -OCH3 is 1. The number of hydrogen-bond acceptors (Lipinski definition) is 4. The van der Waals surface area contributed by atoms with Gasteiger partial charge in [-0.1, -0.05) is 12.8 Å². The highest BCUT2D eigenvalue weighted by atomic mass is 35.5. The SMILES string of the molecule is COCCOCCOCCN(CCCl)C1CCCC1. The zero-order chi connectivity index (χ0) is 13.8. The largest absolute Gasteiger partial charge is 0.382 e. The first-order valence-electron chi connectivity index (χ1n) is 7.33. The molecule has 114 valence electrons. The van der Waals surface area contributed by atoms with Crippen LogP contribution in [0.4, 0.5) is 0 Å². The predicted octanol–water partition coefficient (Wildman–Crippen LogP) is 2.15. The standard InChI is InChI=1S/C14H28ClNO3/c1-17-10-11-19-13-12-18-9-8-16(7-6-15)14-4-2-3-5-14/h14H,2-13H2,1H3. The maximum atomic E-state index is 5.87. The smallest absolute Gasteiger partial charge is 0.0701 e. The van der Waals surface area contributed by atoms with Gasteiger partial charge in [-0.15, -0.1) is 11.6 Å². The van der Waals surface area contributed by atoms with E-state index in [1.54, 1.807) is 7.11 Å². The van der Waals surface area contributed by atoms with Crippen LogP contribution in [0.2, 0.25) is 0 Å². The van der Waals surface area contributed by atoms with Crippen LogP contribution < -0.4 is 0 Å². The van der Waals surface area contributed by atoms with E-state index in [0.29, 0.717) is 32.3 Å². The second-order valence-electron chi connectivity index (χ2n) is 4.88. The van der Waals surface area contributed by atoms with E-state index in [1.807, 2.05) is 0 Å². The van der Waals surface area contributed by atoms with Crippen molar-refractivity contribution in [3.05, 3.63) is 0 Å². The van der Waals surface area contributed by atoms with Crippen molar-refractivity contribution in [2.75, 3.05) is 59.1 Å². The lowest BCUT2D eigenvalue weighted by Gasteiger charge is -2.27. The quantitative estimate of drug-likeness (QED) is 0.407. The second kappa shape index (κ2) is 11.9. The summed E-state index contributed by atoms with van der Waals surface area (Å²) in [5, 5.41) is 0. The number of halogens is 1. The molecule has 0 aromatic rings. The molecular weight excluding hydrogens is 266 g/mol. The topological polar surface area (TPSA) is 30.9 Å². The molecule has 0 aromatic heterocycles. The normalized spacial score (nSPS) is 16.6. The van der Waals surface area contributed by atoms with Crippen LogP contribution in [-0.2, 0) is 14.2 Å². The Bertz CT molecular complexity index is 201. The molecule has 1 saturated carbocycles. The highest BCUT2D eigenvalue weighted by Gasteiger charge is 2.21. The van der Waals surface area contributed by atoms with Crippen molar-refractivity contribution in [3.63, 3.8) is 0 Å². The Balaban J connectivity index is 1.98. The number of ether oxygens (including phenoxy) is 3. The summed E-state index contributed by atoms with van der Waals surface area (Å²) in [5.41, 5.74) is 0. The third-order valence-corrected chi connectivity index (χ3v) is 3.71. The van der Waals surface area contributed by atoms with Gasteiger partial charge in [-0.25, -0.2) is 0 Å². The lowest BCUT2D eigenvalue weighted by atomic mass is 10.2. The summed E-state index contributed by atoms with van der Waals surface area (Å²) in [7, 11) is 1.67. The third kappa shape index (κ3) is 8.10. The van der Waals surface area contributed by atoms with Gasteiger partial charge in [0.2, 0.25) is 0 Å². The molecule has 0 spiro atoms. The summed E-state index contributed by atoms with van der Waals surface area (Å²) < 4.78 is 15.8. The van der Waals surface area contributed by atoms with E-state index in [0.717, 1.165) is 25.7 Å². The van der Waals surface area contributed by atoms with Crippen LogP contribution in [-0.4, -0.2) is 70.1 Å². The van der Waals surface area contributed by atoms with Crippen molar-refractivity contribution in [1.29, 1.82) is 0 Å². The summed E-state index contributed by atoms with van der Waals surface area (Å²) in [6.45, 7) is 5.30. The molecule has 0 radical (unpaired) electrons. The minimum absolute atomic E-state index is 0.639. The number of rotatable bonds is 12. The van der Waals surface area contributed by atoms with Crippen molar-refractivity contribution in [3.8, 4) is 0 Å². The van der Waals surface area contributed by atoms with Gasteiger partial charge in [-0.3, -0.25) is 4.90 Å². The molecule has 0 heterocycles. The molecule has 1 fully saturated rings. The maximum Gasteiger partial charge on any atom is 0.0701 e. The van der Waals surface area contributed by atoms with Crippen molar-refractivity contribution in [2.24, 2.45) is 0 Å². The first kappa shape index (κ1) is 17.2. The second-order valence-corrected chi connectivity index (χ2v) is 5.26. The fourth-order valence-electron chi connectivity index (χ4n) is 2.50. The van der Waals surface area contributed by atoms with Gasteiger partial charge in [0.05, 0.1) is 33.0 Å². The van der Waals surface area contributed by atoms with Crippen LogP contribution in [0.15, 0.2) is 0 Å². The fourth-order valence-corrected chi connectivity index (χ4v) is 2.72. The Labute approximate surface area is 122 Å². The van der Waals surface area contributed by atoms with Gasteiger partial charge in [0, 0.05) is 32.1 Å². The van der Waals surface area contributed by atoms with Crippen LogP contribution in [0.5, 0.6) is 0 Å². The molecule has 0 amide bonds. The van der Waals surface area contributed by atoms with Gasteiger partial charge in [0.25, 0.3) is 0 Å². The molecule has 0 saturated heterocycles. The van der Waals surface area contributed by atoms with Crippen LogP contribution in [0, 0.1) is 0 Å². The van der Waals surface area contributed by atoms with E-state index in [4.69, 9.17) is 25.8 Å². The van der Waals surface area contributed by atoms with Gasteiger partial charge in [-0.2, -0.15) is 0 Å². The average Bonchev–Trinajstić information content (AvgIpc) is 2.94. The Morgan fingerprint density at radius 1 is 0.947 bits per heavy atom. The summed E-state index contributed by atoms with van der Waals surface area (Å²) >= 11 is 5.87. The van der Waals surface area contributed by atoms with Gasteiger partial charge < -0.3 is 14.2 Å². The molecular formula is C14H28ClNO3. The molecule has 4 nitrogen and oxygen atoms in total. The number of alkyl halides is 1. The van der Waals surface area contributed by atoms with Crippen LogP contribution in [0.3, 0.4) is 0 Å². The zero-order valence-electron chi connectivity index (χ0n) is 12.1. The molecule has 0 atom stereocenters. The molecule has 0 aliphatic heterocycles. The monoisotopic (exact) mass is 293 g/mol. The third-order valence-electron chi connectivity index (χ3n) is 3.54. The minimum Gasteiger partial charge on any atom is -0.382 e. The maximum absolute atomic E-state index is 5.87. The van der Waals surface area contributed by atoms with Crippen LogP contribution in [0.1, 0.15) is 25.7 Å². The predicted molar refractivity (Wildman–Crippen MR) is 78.1 cm³/mol. The van der Waals surface area contributed by atoms with Crippen molar-refractivity contribution in [2.45, 2.75) is 31.7 Å². The molecule has 1 rings (SSSR count). The van der Waals surface area contributed by atoms with E-state index in [2.05, 4.69) is 4.90 Å². The van der Waals surface area contributed by atoms with E-state index < -0.39 is 0 Å². The van der Waals surface area contributed by atoms with Gasteiger partial charge >= 0.3 is 0 Å². The van der Waals surface area contributed by atoms with E-state index in [1.165, 1.54) is 25.7 Å². The summed E-state index contributed by atoms with van der Waals surface area (Å²) in [4.78, 5) is 2.48. The first-order chi connectivity index (χ1) is 9.38. The average molecular weight is 294 g/mol. The molecule has 19 heavy (non-hydrogen) atoms. The van der Waals surface area contributed by atoms with E-state index >= 15 is 0 Å². The molecule has 0 aromatic carbocycles. The molecule has 0 unspecified atom stereocenters. The molecule has 0 bridgehead atoms. The van der Waals surface area contributed by atoms with Gasteiger partial charge in [0.1, 0.15) is 0 Å². The Kier molecular flexibility index (Phi) is 10.8. The molecule has 5 heteroatoms. The Morgan fingerprint density at radius 2 is 1.58 bits per heavy atom. The molecule has 1 aliphatic carbocycles. The lowest BCUT2D eigenvalue weighted by molar-refractivity contribution is 0.0171. The minimum atomic E-state index is 0.639.